The molecule has 1 atom stereocenters. The number of carbonyl (C=O) groups excluding carboxylic acids is 3. The van der Waals surface area contributed by atoms with Crippen molar-refractivity contribution in [2.75, 3.05) is 46.3 Å². The molecule has 0 aliphatic carbocycles. The zero-order chi connectivity index (χ0) is 15.8. The van der Waals surface area contributed by atoms with Crippen LogP contribution in [0.25, 0.3) is 0 Å². The van der Waals surface area contributed by atoms with Crippen LogP contribution in [0.4, 0.5) is 0 Å². The molecule has 1 unspecified atom stereocenters. The lowest BCUT2D eigenvalue weighted by atomic mass is 10.2. The summed E-state index contributed by atoms with van der Waals surface area (Å²) in [6.07, 6.45) is 0.852. The van der Waals surface area contributed by atoms with E-state index in [-0.39, 0.29) is 24.9 Å². The van der Waals surface area contributed by atoms with E-state index in [1.807, 2.05) is 6.92 Å². The first-order valence-electron chi connectivity index (χ1n) is 7.20. The Labute approximate surface area is 125 Å². The van der Waals surface area contributed by atoms with Crippen molar-refractivity contribution in [3.05, 3.63) is 0 Å². The van der Waals surface area contributed by atoms with Gasteiger partial charge in [0.2, 0.25) is 17.7 Å². The van der Waals surface area contributed by atoms with Gasteiger partial charge in [-0.05, 0) is 6.42 Å². The van der Waals surface area contributed by atoms with Crippen LogP contribution < -0.4 is 16.4 Å². The maximum absolute atomic E-state index is 12.1. The fourth-order valence-corrected chi connectivity index (χ4v) is 2.13. The normalized spacial score (nSPS) is 19.0. The number of hydrogen-bond acceptors (Lipinski definition) is 5. The van der Waals surface area contributed by atoms with E-state index in [9.17, 15) is 14.4 Å². The molecule has 0 aromatic carbocycles. The summed E-state index contributed by atoms with van der Waals surface area (Å²) in [7, 11) is 1.58. The Hall–Kier alpha value is -1.67. The Morgan fingerprint density at radius 2 is 2.14 bits per heavy atom. The predicted octanol–water partition coefficient (Wildman–Crippen LogP) is -2.27. The highest BCUT2D eigenvalue weighted by atomic mass is 16.2. The first-order chi connectivity index (χ1) is 9.95. The second kappa shape index (κ2) is 8.58. The molecule has 120 valence electrons. The van der Waals surface area contributed by atoms with Crippen LogP contribution in [0.1, 0.15) is 13.3 Å². The van der Waals surface area contributed by atoms with Gasteiger partial charge in [-0.3, -0.25) is 19.3 Å². The minimum absolute atomic E-state index is 0.0200. The average Bonchev–Trinajstić information content (AvgIpc) is 2.45. The molecular weight excluding hydrogens is 274 g/mol. The molecule has 0 radical (unpaired) electrons. The van der Waals surface area contributed by atoms with Crippen molar-refractivity contribution >= 4 is 17.7 Å². The van der Waals surface area contributed by atoms with E-state index in [1.54, 1.807) is 11.9 Å². The molecule has 1 aliphatic rings. The van der Waals surface area contributed by atoms with Crippen molar-refractivity contribution in [2.45, 2.75) is 19.4 Å². The van der Waals surface area contributed by atoms with E-state index in [2.05, 4.69) is 10.6 Å². The third-order valence-electron chi connectivity index (χ3n) is 3.40. The summed E-state index contributed by atoms with van der Waals surface area (Å²) in [5.41, 5.74) is 5.34. The molecule has 8 nitrogen and oxygen atoms in total. The van der Waals surface area contributed by atoms with Gasteiger partial charge in [0.25, 0.3) is 0 Å². The first-order valence-corrected chi connectivity index (χ1v) is 7.20. The van der Waals surface area contributed by atoms with Gasteiger partial charge in [0.1, 0.15) is 6.04 Å². The molecule has 8 heteroatoms. The number of rotatable bonds is 7. The van der Waals surface area contributed by atoms with Crippen LogP contribution >= 0.6 is 0 Å². The summed E-state index contributed by atoms with van der Waals surface area (Å²) in [6.45, 7) is 4.40. The quantitative estimate of drug-likeness (QED) is 0.491. The number of likely N-dealkylation sites (N-methyl/N-ethyl adjacent to an activating group) is 1. The number of nitrogens with zero attached hydrogens (tertiary/aromatic N) is 2. The van der Waals surface area contributed by atoms with Crippen molar-refractivity contribution in [1.82, 2.24) is 20.4 Å². The summed E-state index contributed by atoms with van der Waals surface area (Å²) < 4.78 is 0. The summed E-state index contributed by atoms with van der Waals surface area (Å²) >= 11 is 0. The maximum Gasteiger partial charge on any atom is 0.239 e. The molecule has 0 aromatic rings. The molecule has 0 bridgehead atoms. The predicted molar refractivity (Wildman–Crippen MR) is 78.4 cm³/mol. The van der Waals surface area contributed by atoms with Crippen molar-refractivity contribution in [3.8, 4) is 0 Å². The van der Waals surface area contributed by atoms with Crippen LogP contribution in [-0.2, 0) is 14.4 Å². The Morgan fingerprint density at radius 3 is 2.76 bits per heavy atom. The number of nitrogens with two attached hydrogens (primary N) is 1. The molecule has 1 heterocycles. The van der Waals surface area contributed by atoms with Gasteiger partial charge in [0, 0.05) is 33.2 Å². The van der Waals surface area contributed by atoms with Gasteiger partial charge in [0.05, 0.1) is 13.1 Å². The number of nitrogens with one attached hydrogen (secondary N) is 2. The minimum Gasteiger partial charge on any atom is -0.368 e. The average molecular weight is 299 g/mol. The Balaban J connectivity index is 2.46. The third kappa shape index (κ3) is 5.68. The number of hydrogen-bond donors (Lipinski definition) is 3. The highest BCUT2D eigenvalue weighted by Crippen LogP contribution is 2.03. The molecule has 4 N–H and O–H groups in total. The van der Waals surface area contributed by atoms with Crippen molar-refractivity contribution in [3.63, 3.8) is 0 Å². The summed E-state index contributed by atoms with van der Waals surface area (Å²) in [4.78, 5) is 38.2. The van der Waals surface area contributed by atoms with Gasteiger partial charge >= 0.3 is 0 Å². The summed E-state index contributed by atoms with van der Waals surface area (Å²) in [5, 5.41) is 5.79. The third-order valence-corrected chi connectivity index (χ3v) is 3.40. The van der Waals surface area contributed by atoms with E-state index in [0.29, 0.717) is 26.2 Å². The molecule has 1 aliphatic heterocycles. The Bertz CT molecular complexity index is 388. The molecular formula is C13H25N5O3. The number of primary amides is 1. The largest absolute Gasteiger partial charge is 0.368 e. The van der Waals surface area contributed by atoms with Crippen LogP contribution in [-0.4, -0.2) is 79.9 Å². The monoisotopic (exact) mass is 299 g/mol. The lowest BCUT2D eigenvalue weighted by Crippen LogP contribution is -2.59. The van der Waals surface area contributed by atoms with Gasteiger partial charge in [0.15, 0.2) is 0 Å². The second-order valence-corrected chi connectivity index (χ2v) is 5.19. The molecule has 21 heavy (non-hydrogen) atoms. The second-order valence-electron chi connectivity index (χ2n) is 5.19. The fraction of sp³-hybridized carbons (Fsp3) is 0.769. The lowest BCUT2D eigenvalue weighted by molar-refractivity contribution is -0.137. The SMILES string of the molecule is CCCNC(=O)CN(C)C(=O)CN1CCNCC1C(N)=O. The number of amides is 3. The van der Waals surface area contributed by atoms with E-state index < -0.39 is 11.9 Å². The van der Waals surface area contributed by atoms with E-state index in [0.717, 1.165) is 6.42 Å². The molecule has 0 saturated carbocycles. The topological polar surface area (TPSA) is 108 Å². The summed E-state index contributed by atoms with van der Waals surface area (Å²) in [6, 6.07) is -0.481. The summed E-state index contributed by atoms with van der Waals surface area (Å²) in [5.74, 6) is -0.826. The first kappa shape index (κ1) is 17.4. The van der Waals surface area contributed by atoms with Gasteiger partial charge in [-0.1, -0.05) is 6.92 Å². The molecule has 1 rings (SSSR count). The Morgan fingerprint density at radius 1 is 1.43 bits per heavy atom. The molecule has 0 spiro atoms. The minimum atomic E-state index is -0.481. The molecule has 3 amide bonds. The van der Waals surface area contributed by atoms with Gasteiger partial charge in [-0.15, -0.1) is 0 Å². The maximum atomic E-state index is 12.1. The van der Waals surface area contributed by atoms with Gasteiger partial charge < -0.3 is 21.3 Å². The zero-order valence-electron chi connectivity index (χ0n) is 12.7. The molecule has 1 saturated heterocycles. The van der Waals surface area contributed by atoms with E-state index >= 15 is 0 Å². The van der Waals surface area contributed by atoms with Crippen molar-refractivity contribution < 1.29 is 14.4 Å². The van der Waals surface area contributed by atoms with Crippen molar-refractivity contribution in [1.29, 1.82) is 0 Å². The van der Waals surface area contributed by atoms with E-state index in [1.165, 1.54) is 4.90 Å². The zero-order valence-corrected chi connectivity index (χ0v) is 12.7. The Kier molecular flexibility index (Phi) is 7.10. The van der Waals surface area contributed by atoms with E-state index in [4.69, 9.17) is 5.73 Å². The standard InChI is InChI=1S/C13H25N5O3/c1-3-4-16-11(19)8-17(2)12(20)9-18-6-5-15-7-10(18)13(14)21/h10,15H,3-9H2,1-2H3,(H2,14,21)(H,16,19). The smallest absolute Gasteiger partial charge is 0.239 e. The van der Waals surface area contributed by atoms with Crippen molar-refractivity contribution in [2.24, 2.45) is 5.73 Å². The lowest BCUT2D eigenvalue weighted by Gasteiger charge is -2.34. The fourth-order valence-electron chi connectivity index (χ4n) is 2.13. The van der Waals surface area contributed by atoms with Crippen LogP contribution in [0.5, 0.6) is 0 Å². The van der Waals surface area contributed by atoms with Gasteiger partial charge in [-0.25, -0.2) is 0 Å². The highest BCUT2D eigenvalue weighted by Gasteiger charge is 2.29. The molecule has 1 fully saturated rings. The highest BCUT2D eigenvalue weighted by molar-refractivity contribution is 5.86. The van der Waals surface area contributed by atoms with Crippen LogP contribution in [0.15, 0.2) is 0 Å². The number of piperazine rings is 1. The van der Waals surface area contributed by atoms with Crippen LogP contribution in [0, 0.1) is 0 Å². The molecule has 0 aromatic heterocycles. The van der Waals surface area contributed by atoms with Crippen LogP contribution in [0.3, 0.4) is 0 Å². The van der Waals surface area contributed by atoms with Crippen LogP contribution in [0.2, 0.25) is 0 Å². The van der Waals surface area contributed by atoms with Gasteiger partial charge in [-0.2, -0.15) is 0 Å². The number of carbonyl (C=O) groups is 3.